The second-order valence-corrected chi connectivity index (χ2v) is 3.21. The Balaban J connectivity index is 2.50. The highest BCUT2D eigenvalue weighted by atomic mass is 16.6. The monoisotopic (exact) mass is 202 g/mol. The van der Waals surface area contributed by atoms with Crippen LogP contribution in [0.2, 0.25) is 0 Å². The Hall–Kier alpha value is -1.30. The van der Waals surface area contributed by atoms with Gasteiger partial charge >= 0.3 is 12.1 Å². The van der Waals surface area contributed by atoms with E-state index < -0.39 is 18.1 Å². The Bertz CT molecular complexity index is 243. The maximum absolute atomic E-state index is 11.1. The third-order valence-electron chi connectivity index (χ3n) is 2.11. The summed E-state index contributed by atoms with van der Waals surface area (Å²) in [6.45, 7) is 2.30. The highest BCUT2D eigenvalue weighted by Gasteiger charge is 2.32. The van der Waals surface area contributed by atoms with Crippen LogP contribution in [0.4, 0.5) is 4.79 Å². The van der Waals surface area contributed by atoms with Crippen molar-refractivity contribution in [3.63, 3.8) is 0 Å². The smallest absolute Gasteiger partial charge is 0.410 e. The van der Waals surface area contributed by atoms with Gasteiger partial charge in [0.15, 0.2) is 0 Å². The summed E-state index contributed by atoms with van der Waals surface area (Å²) >= 11 is 0. The molecule has 0 spiro atoms. The molecule has 0 aromatic carbocycles. The first-order chi connectivity index (χ1) is 6.56. The lowest BCUT2D eigenvalue weighted by Gasteiger charge is -2.20. The summed E-state index contributed by atoms with van der Waals surface area (Å²) in [5.41, 5.74) is 5.51. The van der Waals surface area contributed by atoms with E-state index in [-0.39, 0.29) is 12.6 Å². The van der Waals surface area contributed by atoms with Crippen LogP contribution in [0.15, 0.2) is 0 Å². The number of hydrogen-bond donors (Lipinski definition) is 1. The van der Waals surface area contributed by atoms with Gasteiger partial charge in [-0.3, -0.25) is 9.69 Å². The minimum atomic E-state index is -0.812. The second-order valence-electron chi connectivity index (χ2n) is 3.21. The quantitative estimate of drug-likeness (QED) is 0.613. The van der Waals surface area contributed by atoms with E-state index in [1.165, 1.54) is 12.0 Å². The van der Waals surface area contributed by atoms with E-state index in [4.69, 9.17) is 10.5 Å². The number of hydrogen-bond acceptors (Lipinski definition) is 5. The molecule has 1 fully saturated rings. The molecule has 1 heterocycles. The number of rotatable bonds is 3. The predicted molar refractivity (Wildman–Crippen MR) is 47.5 cm³/mol. The zero-order valence-corrected chi connectivity index (χ0v) is 8.23. The summed E-state index contributed by atoms with van der Waals surface area (Å²) < 4.78 is 9.22. The zero-order chi connectivity index (χ0) is 10.7. The van der Waals surface area contributed by atoms with Crippen molar-refractivity contribution in [2.24, 2.45) is 5.73 Å². The molecule has 1 amide bonds. The molecule has 1 rings (SSSR count). The fourth-order valence-corrected chi connectivity index (χ4v) is 1.24. The lowest BCUT2D eigenvalue weighted by Crippen LogP contribution is -2.46. The molecule has 0 radical (unpaired) electrons. The van der Waals surface area contributed by atoms with Crippen molar-refractivity contribution in [3.8, 4) is 0 Å². The molecule has 0 bridgehead atoms. The molecule has 0 aromatic rings. The molecular formula is C8H14N2O4. The summed E-state index contributed by atoms with van der Waals surface area (Å²) in [6.07, 6.45) is -0.433. The van der Waals surface area contributed by atoms with E-state index >= 15 is 0 Å². The van der Waals surface area contributed by atoms with E-state index in [1.54, 1.807) is 0 Å². The van der Waals surface area contributed by atoms with Crippen molar-refractivity contribution >= 4 is 12.1 Å². The average molecular weight is 202 g/mol. The van der Waals surface area contributed by atoms with Gasteiger partial charge in [-0.1, -0.05) is 0 Å². The fraction of sp³-hybridized carbons (Fsp3) is 0.750. The molecule has 1 saturated heterocycles. The van der Waals surface area contributed by atoms with Gasteiger partial charge in [-0.2, -0.15) is 0 Å². The molecule has 0 saturated carbocycles. The topological polar surface area (TPSA) is 81.9 Å². The molecule has 2 atom stereocenters. The van der Waals surface area contributed by atoms with Crippen molar-refractivity contribution in [3.05, 3.63) is 0 Å². The van der Waals surface area contributed by atoms with Crippen molar-refractivity contribution in [1.29, 1.82) is 0 Å². The van der Waals surface area contributed by atoms with Crippen LogP contribution < -0.4 is 5.73 Å². The van der Waals surface area contributed by atoms with Crippen molar-refractivity contribution in [2.75, 3.05) is 20.3 Å². The van der Waals surface area contributed by atoms with Gasteiger partial charge in [-0.25, -0.2) is 4.79 Å². The number of carbonyl (C=O) groups excluding carboxylic acids is 2. The lowest BCUT2D eigenvalue weighted by molar-refractivity contribution is -0.142. The standard InChI is InChI=1S/C8H14N2O4/c1-5-4-14-8(12)10(5)3-6(9)7(11)13-2/h5-6H,3-4,9H2,1-2H3. The van der Waals surface area contributed by atoms with Gasteiger partial charge < -0.3 is 15.2 Å². The number of ether oxygens (including phenoxy) is 2. The summed E-state index contributed by atoms with van der Waals surface area (Å²) in [4.78, 5) is 23.5. The Labute approximate surface area is 81.9 Å². The molecule has 80 valence electrons. The van der Waals surface area contributed by atoms with Crippen molar-refractivity contribution in [1.82, 2.24) is 4.90 Å². The minimum absolute atomic E-state index is 0.0433. The Morgan fingerprint density at radius 1 is 1.86 bits per heavy atom. The number of esters is 1. The molecule has 0 aliphatic carbocycles. The minimum Gasteiger partial charge on any atom is -0.468 e. The zero-order valence-electron chi connectivity index (χ0n) is 8.23. The third-order valence-corrected chi connectivity index (χ3v) is 2.11. The first-order valence-corrected chi connectivity index (χ1v) is 4.33. The molecule has 2 unspecified atom stereocenters. The molecule has 1 aliphatic heterocycles. The Morgan fingerprint density at radius 2 is 2.50 bits per heavy atom. The van der Waals surface area contributed by atoms with Gasteiger partial charge in [-0.15, -0.1) is 0 Å². The molecule has 14 heavy (non-hydrogen) atoms. The van der Waals surface area contributed by atoms with Gasteiger partial charge in [0.2, 0.25) is 0 Å². The maximum atomic E-state index is 11.1. The molecule has 1 aliphatic rings. The predicted octanol–water partition coefficient (Wildman–Crippen LogP) is -0.673. The van der Waals surface area contributed by atoms with Gasteiger partial charge in [0.1, 0.15) is 12.6 Å². The fourth-order valence-electron chi connectivity index (χ4n) is 1.24. The van der Waals surface area contributed by atoms with Crippen LogP contribution in [-0.4, -0.2) is 49.3 Å². The Kier molecular flexibility index (Phi) is 3.29. The van der Waals surface area contributed by atoms with E-state index in [0.29, 0.717) is 6.61 Å². The SMILES string of the molecule is COC(=O)C(N)CN1C(=O)OCC1C. The van der Waals surface area contributed by atoms with E-state index in [0.717, 1.165) is 0 Å². The Morgan fingerprint density at radius 3 is 2.93 bits per heavy atom. The molecule has 6 heteroatoms. The van der Waals surface area contributed by atoms with Gasteiger partial charge in [0.25, 0.3) is 0 Å². The van der Waals surface area contributed by atoms with Crippen LogP contribution in [0, 0.1) is 0 Å². The lowest BCUT2D eigenvalue weighted by atomic mass is 10.2. The molecule has 2 N–H and O–H groups in total. The highest BCUT2D eigenvalue weighted by molar-refractivity contribution is 5.77. The van der Waals surface area contributed by atoms with Gasteiger partial charge in [0, 0.05) is 0 Å². The van der Waals surface area contributed by atoms with E-state index in [9.17, 15) is 9.59 Å². The van der Waals surface area contributed by atoms with Crippen LogP contribution in [0.25, 0.3) is 0 Å². The number of amides is 1. The normalized spacial score (nSPS) is 23.2. The summed E-state index contributed by atoms with van der Waals surface area (Å²) in [7, 11) is 1.26. The van der Waals surface area contributed by atoms with E-state index in [2.05, 4.69) is 4.74 Å². The summed E-state index contributed by atoms with van der Waals surface area (Å²) in [5.74, 6) is -0.531. The van der Waals surface area contributed by atoms with E-state index in [1.807, 2.05) is 6.92 Å². The largest absolute Gasteiger partial charge is 0.468 e. The van der Waals surface area contributed by atoms with Gasteiger partial charge in [0.05, 0.1) is 19.7 Å². The number of nitrogens with zero attached hydrogens (tertiary/aromatic N) is 1. The van der Waals surface area contributed by atoms with Gasteiger partial charge in [-0.05, 0) is 6.92 Å². The van der Waals surface area contributed by atoms with Crippen molar-refractivity contribution in [2.45, 2.75) is 19.0 Å². The number of methoxy groups -OCH3 is 1. The molecule has 0 aromatic heterocycles. The van der Waals surface area contributed by atoms with Crippen LogP contribution >= 0.6 is 0 Å². The number of cyclic esters (lactones) is 1. The van der Waals surface area contributed by atoms with Crippen LogP contribution in [0.1, 0.15) is 6.92 Å². The van der Waals surface area contributed by atoms with Crippen LogP contribution in [0.5, 0.6) is 0 Å². The van der Waals surface area contributed by atoms with Crippen LogP contribution in [0.3, 0.4) is 0 Å². The number of carbonyl (C=O) groups is 2. The molecular weight excluding hydrogens is 188 g/mol. The average Bonchev–Trinajstić information content (AvgIpc) is 2.48. The molecule has 6 nitrogen and oxygen atoms in total. The second kappa shape index (κ2) is 4.28. The maximum Gasteiger partial charge on any atom is 0.410 e. The summed E-state index contributed by atoms with van der Waals surface area (Å²) in [5, 5.41) is 0. The van der Waals surface area contributed by atoms with Crippen molar-refractivity contribution < 1.29 is 19.1 Å². The third kappa shape index (κ3) is 2.14. The summed E-state index contributed by atoms with van der Waals surface area (Å²) in [6, 6.07) is -0.855. The number of nitrogens with two attached hydrogens (primary N) is 1. The van der Waals surface area contributed by atoms with Crippen LogP contribution in [-0.2, 0) is 14.3 Å². The highest BCUT2D eigenvalue weighted by Crippen LogP contribution is 2.11. The first kappa shape index (κ1) is 10.8. The first-order valence-electron chi connectivity index (χ1n) is 4.33.